The van der Waals surface area contributed by atoms with Crippen molar-refractivity contribution in [1.82, 2.24) is 19.4 Å². The molecule has 0 aliphatic rings. The Morgan fingerprint density at radius 3 is 2.43 bits per heavy atom. The first-order valence-electron chi connectivity index (χ1n) is 9.32. The van der Waals surface area contributed by atoms with Crippen LogP contribution < -0.4 is 0 Å². The molecular weight excluding hydrogens is 392 g/mol. The van der Waals surface area contributed by atoms with Gasteiger partial charge >= 0.3 is 0 Å². The summed E-state index contributed by atoms with van der Waals surface area (Å²) >= 11 is 0. The van der Waals surface area contributed by atoms with Gasteiger partial charge < -0.3 is 0 Å². The van der Waals surface area contributed by atoms with Gasteiger partial charge in [0.05, 0.1) is 16.8 Å². The molecule has 2 unspecified atom stereocenters. The van der Waals surface area contributed by atoms with Crippen LogP contribution in [0, 0.1) is 13.8 Å². The summed E-state index contributed by atoms with van der Waals surface area (Å²) in [5.41, 5.74) is 4.22. The predicted octanol–water partition coefficient (Wildman–Crippen LogP) is 4.80. The van der Waals surface area contributed by atoms with Gasteiger partial charge in [0, 0.05) is 17.8 Å². The highest BCUT2D eigenvalue weighted by atomic mass is 33.1. The highest BCUT2D eigenvalue weighted by molar-refractivity contribution is 8.71. The summed E-state index contributed by atoms with van der Waals surface area (Å²) < 4.78 is 26.5. The van der Waals surface area contributed by atoms with Crippen molar-refractivity contribution >= 4 is 19.8 Å². The van der Waals surface area contributed by atoms with E-state index < -0.39 is 8.87 Å². The summed E-state index contributed by atoms with van der Waals surface area (Å²) in [6.45, 7) is 8.25. The number of aryl methyl sites for hydroxylation is 2. The van der Waals surface area contributed by atoms with Crippen molar-refractivity contribution in [1.29, 1.82) is 0 Å². The lowest BCUT2D eigenvalue weighted by Crippen LogP contribution is -2.01. The maximum atomic E-state index is 12.6. The summed E-state index contributed by atoms with van der Waals surface area (Å²) in [6, 6.07) is 8.93. The Labute approximate surface area is 170 Å². The Kier molecular flexibility index (Phi) is 6.30. The van der Waals surface area contributed by atoms with Gasteiger partial charge in [0.25, 0.3) is 8.87 Å². The number of benzene rings is 1. The van der Waals surface area contributed by atoms with Gasteiger partial charge in [0.1, 0.15) is 11.0 Å². The lowest BCUT2D eigenvalue weighted by molar-refractivity contribution is 0.564. The van der Waals surface area contributed by atoms with E-state index in [1.54, 1.807) is 30.5 Å². The average Bonchev–Trinajstić information content (AvgIpc) is 3.28. The average molecular weight is 419 g/mol. The van der Waals surface area contributed by atoms with E-state index >= 15 is 0 Å². The van der Waals surface area contributed by atoms with Gasteiger partial charge in [-0.25, -0.2) is 8.42 Å². The molecule has 28 heavy (non-hydrogen) atoms. The first-order valence-corrected chi connectivity index (χ1v) is 12.1. The van der Waals surface area contributed by atoms with Gasteiger partial charge in [-0.2, -0.15) is 14.3 Å². The van der Waals surface area contributed by atoms with Crippen LogP contribution >= 0.6 is 11.0 Å². The third-order valence-corrected chi connectivity index (χ3v) is 7.92. The molecule has 1 aromatic carbocycles. The van der Waals surface area contributed by atoms with Gasteiger partial charge in [-0.15, -0.1) is 0 Å². The van der Waals surface area contributed by atoms with Gasteiger partial charge in [-0.05, 0) is 56.4 Å². The quantitative estimate of drug-likeness (QED) is 0.532. The number of hydrogen-bond acceptors (Lipinski definition) is 5. The molecule has 8 heteroatoms. The largest absolute Gasteiger partial charge is 0.283 e. The lowest BCUT2D eigenvalue weighted by atomic mass is 9.93. The zero-order valence-corrected chi connectivity index (χ0v) is 18.2. The van der Waals surface area contributed by atoms with E-state index in [4.69, 9.17) is 0 Å². The molecular formula is C20H26N4O2S2. The molecule has 0 saturated carbocycles. The summed E-state index contributed by atoms with van der Waals surface area (Å²) in [7, 11) is -2.77. The fourth-order valence-electron chi connectivity index (χ4n) is 2.97. The fourth-order valence-corrected chi connectivity index (χ4v) is 5.41. The highest BCUT2D eigenvalue weighted by Crippen LogP contribution is 2.29. The number of hydrogen-bond donors (Lipinski definition) is 1. The Balaban J connectivity index is 1.60. The second-order valence-electron chi connectivity index (χ2n) is 7.37. The van der Waals surface area contributed by atoms with Gasteiger partial charge in [-0.1, -0.05) is 31.5 Å². The van der Waals surface area contributed by atoms with E-state index in [1.165, 1.54) is 4.09 Å². The fraction of sp³-hybridized carbons (Fsp3) is 0.400. The first kappa shape index (κ1) is 20.7. The number of aromatic nitrogens is 4. The molecule has 6 nitrogen and oxygen atoms in total. The molecule has 2 atom stereocenters. The molecule has 0 saturated heterocycles. The van der Waals surface area contributed by atoms with E-state index in [9.17, 15) is 8.42 Å². The third kappa shape index (κ3) is 5.05. The minimum absolute atomic E-state index is 0.288. The summed E-state index contributed by atoms with van der Waals surface area (Å²) in [5, 5.41) is 11.6. The predicted molar refractivity (Wildman–Crippen MR) is 113 cm³/mol. The molecule has 2 heterocycles. The number of H-pyrrole nitrogens is 1. The van der Waals surface area contributed by atoms with Crippen molar-refractivity contribution in [3.63, 3.8) is 0 Å². The molecule has 2 aromatic heterocycles. The van der Waals surface area contributed by atoms with Crippen LogP contribution in [0.2, 0.25) is 0 Å². The second kappa shape index (κ2) is 8.53. The van der Waals surface area contributed by atoms with Crippen molar-refractivity contribution in [3.05, 3.63) is 65.2 Å². The zero-order valence-electron chi connectivity index (χ0n) is 16.6. The van der Waals surface area contributed by atoms with E-state index in [-0.39, 0.29) is 4.90 Å². The van der Waals surface area contributed by atoms with E-state index in [2.05, 4.69) is 35.2 Å². The maximum absolute atomic E-state index is 12.6. The van der Waals surface area contributed by atoms with Crippen molar-refractivity contribution < 1.29 is 8.42 Å². The van der Waals surface area contributed by atoms with E-state index in [0.29, 0.717) is 11.8 Å². The van der Waals surface area contributed by atoms with Crippen molar-refractivity contribution in [2.75, 3.05) is 0 Å². The first-order chi connectivity index (χ1) is 13.2. The zero-order chi connectivity index (χ0) is 20.3. The number of aromatic amines is 1. The highest BCUT2D eigenvalue weighted by Gasteiger charge is 2.19. The topological polar surface area (TPSA) is 80.6 Å². The molecule has 0 amide bonds. The summed E-state index contributed by atoms with van der Waals surface area (Å²) in [5.74, 6) is 0.664. The molecule has 0 radical (unpaired) electrons. The molecule has 150 valence electrons. The minimum Gasteiger partial charge on any atom is -0.283 e. The third-order valence-electron chi connectivity index (χ3n) is 4.90. The van der Waals surface area contributed by atoms with Crippen LogP contribution in [0.15, 0.2) is 47.6 Å². The monoisotopic (exact) mass is 418 g/mol. The Hall–Kier alpha value is -2.06. The standard InChI is InChI=1S/C20H26N4O2S2/c1-14-5-9-19(10-6-14)28(25,26)27-24-13-18(12-21-24)15(2)7-8-16(3)20-11-17(4)22-23-20/h5-6,9-13,15-16H,7-8H2,1-4H3,(H,22,23). The molecule has 0 bridgehead atoms. The Morgan fingerprint density at radius 2 is 1.79 bits per heavy atom. The number of nitrogens with zero attached hydrogens (tertiary/aromatic N) is 3. The van der Waals surface area contributed by atoms with Crippen LogP contribution in [0.5, 0.6) is 0 Å². The van der Waals surface area contributed by atoms with Crippen molar-refractivity contribution in [3.8, 4) is 0 Å². The van der Waals surface area contributed by atoms with Crippen molar-refractivity contribution in [2.24, 2.45) is 0 Å². The van der Waals surface area contributed by atoms with Crippen LogP contribution in [-0.4, -0.2) is 27.8 Å². The van der Waals surface area contributed by atoms with Crippen LogP contribution in [0.4, 0.5) is 0 Å². The molecule has 3 rings (SSSR count). The molecule has 3 aromatic rings. The van der Waals surface area contributed by atoms with E-state index in [0.717, 1.165) is 46.3 Å². The van der Waals surface area contributed by atoms with E-state index in [1.807, 2.05) is 20.0 Å². The Bertz CT molecular complexity index is 1020. The van der Waals surface area contributed by atoms with Crippen LogP contribution in [-0.2, 0) is 8.87 Å². The maximum Gasteiger partial charge on any atom is 0.251 e. The lowest BCUT2D eigenvalue weighted by Gasteiger charge is -2.12. The SMILES string of the molecule is Cc1ccc(S(=O)(=O)Sn2cc(C(C)CCC(C)c3cc(C)[nH]n3)cn2)cc1. The Morgan fingerprint density at radius 1 is 1.11 bits per heavy atom. The van der Waals surface area contributed by atoms with Crippen molar-refractivity contribution in [2.45, 2.75) is 57.3 Å². The van der Waals surface area contributed by atoms with Gasteiger partial charge in [0.2, 0.25) is 0 Å². The molecule has 0 aliphatic carbocycles. The van der Waals surface area contributed by atoms with Gasteiger partial charge in [-0.3, -0.25) is 5.10 Å². The number of nitrogens with one attached hydrogen (secondary N) is 1. The molecule has 0 spiro atoms. The summed E-state index contributed by atoms with van der Waals surface area (Å²) in [4.78, 5) is 0.288. The minimum atomic E-state index is -3.50. The van der Waals surface area contributed by atoms with Gasteiger partial charge in [0.15, 0.2) is 0 Å². The van der Waals surface area contributed by atoms with Crippen LogP contribution in [0.25, 0.3) is 0 Å². The van der Waals surface area contributed by atoms with Crippen LogP contribution in [0.1, 0.15) is 61.0 Å². The van der Waals surface area contributed by atoms with Crippen LogP contribution in [0.3, 0.4) is 0 Å². The molecule has 0 fully saturated rings. The smallest absolute Gasteiger partial charge is 0.251 e. The normalized spacial score (nSPS) is 14.1. The second-order valence-corrected chi connectivity index (χ2v) is 11.0. The number of rotatable bonds is 8. The molecule has 1 N–H and O–H groups in total. The molecule has 0 aliphatic heterocycles. The summed E-state index contributed by atoms with van der Waals surface area (Å²) in [6.07, 6.45) is 5.55.